The molecule has 1 aliphatic heterocycles. The normalized spacial score (nSPS) is 38.6. The molecule has 2 bridgehead atoms. The molecule has 1 saturated heterocycles. The minimum atomic E-state index is -0.383. The fourth-order valence-corrected chi connectivity index (χ4v) is 4.07. The first-order chi connectivity index (χ1) is 7.22. The van der Waals surface area contributed by atoms with Gasteiger partial charge in [0.05, 0.1) is 0 Å². The Morgan fingerprint density at radius 1 is 1.38 bits per heavy atom. The molecule has 0 aromatic rings. The van der Waals surface area contributed by atoms with Gasteiger partial charge < -0.3 is 4.90 Å². The molecule has 1 saturated carbocycles. The summed E-state index contributed by atoms with van der Waals surface area (Å²) in [5.74, 6) is 0.119. The fourth-order valence-electron chi connectivity index (χ4n) is 3.95. The fraction of sp³-hybridized carbons (Fsp3) is 0.923. The van der Waals surface area contributed by atoms with Gasteiger partial charge >= 0.3 is 0 Å². The Hall–Kier alpha value is -0.240. The Morgan fingerprint density at radius 2 is 2.00 bits per heavy atom. The molecule has 2 fully saturated rings. The Bertz CT molecular complexity index is 313. The second-order valence-electron chi connectivity index (χ2n) is 6.80. The van der Waals surface area contributed by atoms with Gasteiger partial charge in [-0.3, -0.25) is 4.79 Å². The van der Waals surface area contributed by atoms with Gasteiger partial charge in [0.2, 0.25) is 5.91 Å². The first-order valence-electron chi connectivity index (χ1n) is 6.17. The Morgan fingerprint density at radius 3 is 2.56 bits per heavy atom. The lowest BCUT2D eigenvalue weighted by Crippen LogP contribution is -2.40. The molecule has 16 heavy (non-hydrogen) atoms. The SMILES string of the molecule is C[C@@H](Cl)C(=O)N1C[C@@]2(C)C[C@H]1CC(C)(C)C2. The van der Waals surface area contributed by atoms with Crippen LogP contribution in [0, 0.1) is 10.8 Å². The molecule has 3 atom stereocenters. The molecule has 0 N–H and O–H groups in total. The number of carbonyl (C=O) groups excluding carboxylic acids is 1. The molecule has 1 heterocycles. The molecule has 1 aliphatic carbocycles. The van der Waals surface area contributed by atoms with Crippen molar-refractivity contribution < 1.29 is 4.79 Å². The number of amides is 1. The van der Waals surface area contributed by atoms with Crippen LogP contribution in [0.25, 0.3) is 0 Å². The molecular formula is C13H22ClNO. The van der Waals surface area contributed by atoms with Crippen molar-refractivity contribution >= 4 is 17.5 Å². The van der Waals surface area contributed by atoms with Gasteiger partial charge in [0, 0.05) is 12.6 Å². The van der Waals surface area contributed by atoms with E-state index in [-0.39, 0.29) is 11.3 Å². The smallest absolute Gasteiger partial charge is 0.240 e. The van der Waals surface area contributed by atoms with Crippen molar-refractivity contribution in [3.63, 3.8) is 0 Å². The monoisotopic (exact) mass is 243 g/mol. The van der Waals surface area contributed by atoms with E-state index in [4.69, 9.17) is 11.6 Å². The van der Waals surface area contributed by atoms with Crippen LogP contribution < -0.4 is 0 Å². The van der Waals surface area contributed by atoms with Gasteiger partial charge in [0.15, 0.2) is 0 Å². The van der Waals surface area contributed by atoms with Crippen molar-refractivity contribution in [3.05, 3.63) is 0 Å². The summed E-state index contributed by atoms with van der Waals surface area (Å²) in [5, 5.41) is -0.383. The molecule has 2 nitrogen and oxygen atoms in total. The molecule has 0 unspecified atom stereocenters. The lowest BCUT2D eigenvalue weighted by Gasteiger charge is -2.39. The minimum Gasteiger partial charge on any atom is -0.338 e. The number of hydrogen-bond acceptors (Lipinski definition) is 1. The highest BCUT2D eigenvalue weighted by Gasteiger charge is 2.51. The van der Waals surface area contributed by atoms with Gasteiger partial charge in [-0.05, 0) is 37.0 Å². The van der Waals surface area contributed by atoms with E-state index in [1.54, 1.807) is 6.92 Å². The van der Waals surface area contributed by atoms with E-state index in [2.05, 4.69) is 20.8 Å². The molecule has 0 aromatic carbocycles. The summed E-state index contributed by atoms with van der Waals surface area (Å²) in [6, 6.07) is 0.419. The van der Waals surface area contributed by atoms with Gasteiger partial charge in [-0.2, -0.15) is 0 Å². The molecule has 0 aromatic heterocycles. The number of hydrogen-bond donors (Lipinski definition) is 0. The maximum Gasteiger partial charge on any atom is 0.240 e. The van der Waals surface area contributed by atoms with Crippen molar-refractivity contribution in [1.82, 2.24) is 4.90 Å². The average molecular weight is 244 g/mol. The van der Waals surface area contributed by atoms with Gasteiger partial charge in [-0.15, -0.1) is 11.6 Å². The van der Waals surface area contributed by atoms with Crippen LogP contribution in [-0.2, 0) is 4.79 Å². The Labute approximate surface area is 103 Å². The minimum absolute atomic E-state index is 0.119. The highest BCUT2D eigenvalue weighted by Crippen LogP contribution is 2.52. The topological polar surface area (TPSA) is 20.3 Å². The maximum absolute atomic E-state index is 12.0. The lowest BCUT2D eigenvalue weighted by molar-refractivity contribution is -0.131. The van der Waals surface area contributed by atoms with Crippen LogP contribution in [0.5, 0.6) is 0 Å². The standard InChI is InChI=1S/C13H22ClNO/c1-9(14)11(16)15-8-13(4)6-10(15)5-12(2,3)7-13/h9-10H,5-8H2,1-4H3/t9-,10-,13+/m1/s1. The van der Waals surface area contributed by atoms with E-state index in [1.165, 1.54) is 6.42 Å². The largest absolute Gasteiger partial charge is 0.338 e. The summed E-state index contributed by atoms with van der Waals surface area (Å²) in [5.41, 5.74) is 0.677. The third-order valence-corrected chi connectivity index (χ3v) is 4.22. The summed E-state index contributed by atoms with van der Waals surface area (Å²) < 4.78 is 0. The van der Waals surface area contributed by atoms with Gasteiger partial charge in [0.1, 0.15) is 5.38 Å². The van der Waals surface area contributed by atoms with Crippen molar-refractivity contribution in [2.75, 3.05) is 6.54 Å². The van der Waals surface area contributed by atoms with Crippen LogP contribution in [0.1, 0.15) is 47.0 Å². The van der Waals surface area contributed by atoms with E-state index in [0.717, 1.165) is 19.4 Å². The van der Waals surface area contributed by atoms with Crippen molar-refractivity contribution in [2.45, 2.75) is 58.4 Å². The molecule has 3 heteroatoms. The van der Waals surface area contributed by atoms with Crippen LogP contribution in [0.15, 0.2) is 0 Å². The number of halogens is 1. The zero-order chi connectivity index (χ0) is 12.1. The lowest BCUT2D eigenvalue weighted by atomic mass is 9.65. The molecule has 0 spiro atoms. The van der Waals surface area contributed by atoms with Gasteiger partial charge in [0.25, 0.3) is 0 Å². The number of likely N-dealkylation sites (tertiary alicyclic amines) is 1. The van der Waals surface area contributed by atoms with Crippen molar-refractivity contribution in [2.24, 2.45) is 10.8 Å². The van der Waals surface area contributed by atoms with E-state index in [9.17, 15) is 4.79 Å². The first-order valence-corrected chi connectivity index (χ1v) is 6.61. The van der Waals surface area contributed by atoms with E-state index in [0.29, 0.717) is 16.9 Å². The molecule has 92 valence electrons. The first kappa shape index (κ1) is 12.2. The van der Waals surface area contributed by atoms with Crippen molar-refractivity contribution in [3.8, 4) is 0 Å². The Kier molecular flexibility index (Phi) is 2.77. The third-order valence-electron chi connectivity index (χ3n) is 4.04. The van der Waals surface area contributed by atoms with E-state index < -0.39 is 0 Å². The summed E-state index contributed by atoms with van der Waals surface area (Å²) >= 11 is 5.92. The Balaban J connectivity index is 2.19. The van der Waals surface area contributed by atoms with Crippen LogP contribution in [0.4, 0.5) is 0 Å². The number of rotatable bonds is 1. The number of alkyl halides is 1. The second-order valence-corrected chi connectivity index (χ2v) is 7.45. The molecule has 1 amide bonds. The zero-order valence-electron chi connectivity index (χ0n) is 10.7. The molecular weight excluding hydrogens is 222 g/mol. The third kappa shape index (κ3) is 2.09. The number of carbonyl (C=O) groups is 1. The van der Waals surface area contributed by atoms with E-state index in [1.807, 2.05) is 4.90 Å². The number of fused-ring (bicyclic) bond motifs is 2. The van der Waals surface area contributed by atoms with Crippen LogP contribution in [-0.4, -0.2) is 28.8 Å². The predicted octanol–water partition coefficient (Wildman–Crippen LogP) is 3.04. The van der Waals surface area contributed by atoms with Crippen LogP contribution in [0.3, 0.4) is 0 Å². The highest BCUT2D eigenvalue weighted by atomic mass is 35.5. The second kappa shape index (κ2) is 3.63. The summed E-state index contributed by atoms with van der Waals surface area (Å²) in [6.07, 6.45) is 3.50. The highest BCUT2D eigenvalue weighted by molar-refractivity contribution is 6.30. The molecule has 2 rings (SSSR count). The quantitative estimate of drug-likeness (QED) is 0.649. The van der Waals surface area contributed by atoms with Crippen molar-refractivity contribution in [1.29, 1.82) is 0 Å². The zero-order valence-corrected chi connectivity index (χ0v) is 11.5. The van der Waals surface area contributed by atoms with E-state index >= 15 is 0 Å². The average Bonchev–Trinajstić information content (AvgIpc) is 2.33. The van der Waals surface area contributed by atoms with Crippen LogP contribution >= 0.6 is 11.6 Å². The number of nitrogens with zero attached hydrogens (tertiary/aromatic N) is 1. The molecule has 2 aliphatic rings. The summed E-state index contributed by atoms with van der Waals surface area (Å²) in [4.78, 5) is 14.1. The predicted molar refractivity (Wildman–Crippen MR) is 66.6 cm³/mol. The maximum atomic E-state index is 12.0. The summed E-state index contributed by atoms with van der Waals surface area (Å²) in [7, 11) is 0. The van der Waals surface area contributed by atoms with Crippen LogP contribution in [0.2, 0.25) is 0 Å². The van der Waals surface area contributed by atoms with Gasteiger partial charge in [-0.1, -0.05) is 20.8 Å². The summed E-state index contributed by atoms with van der Waals surface area (Å²) in [6.45, 7) is 9.62. The van der Waals surface area contributed by atoms with Gasteiger partial charge in [-0.25, -0.2) is 0 Å². The molecule has 0 radical (unpaired) electrons.